The third-order valence-corrected chi connectivity index (χ3v) is 4.24. The van der Waals surface area contributed by atoms with Crippen LogP contribution >= 0.6 is 0 Å². The Morgan fingerprint density at radius 3 is 1.81 bits per heavy atom. The molecule has 0 heterocycles. The Balaban J connectivity index is 2.65. The first-order chi connectivity index (χ1) is 15.0. The van der Waals surface area contributed by atoms with Crippen molar-refractivity contribution in [1.82, 2.24) is 0 Å². The van der Waals surface area contributed by atoms with E-state index in [0.717, 1.165) is 0 Å². The highest BCUT2D eigenvalue weighted by atomic mass is 16.6. The third kappa shape index (κ3) is 5.91. The minimum Gasteiger partial charge on any atom is -0.497 e. The summed E-state index contributed by atoms with van der Waals surface area (Å²) < 4.78 is 26.1. The van der Waals surface area contributed by atoms with Crippen molar-refractivity contribution in [2.75, 3.05) is 39.4 Å². The predicted octanol–water partition coefficient (Wildman–Crippen LogP) is 3.86. The molecule has 0 spiro atoms. The number of methoxy groups -OCH3 is 3. The molecule has 0 aliphatic heterocycles. The molecule has 0 saturated heterocycles. The van der Waals surface area contributed by atoms with Gasteiger partial charge in [-0.2, -0.15) is 0 Å². The standard InChI is InChI=1S/C23H27NO7/c1-6-30-22(25)19(23(26)31-7-2)15-24(16-8-11-18(27-3)12-9-16)17-10-13-20(28-4)21(14-17)29-5/h8-15H,6-7H2,1-5H3. The molecule has 0 bridgehead atoms. The molecule has 8 nitrogen and oxygen atoms in total. The summed E-state index contributed by atoms with van der Waals surface area (Å²) in [5.74, 6) is 0.137. The smallest absolute Gasteiger partial charge is 0.347 e. The second kappa shape index (κ2) is 11.5. The van der Waals surface area contributed by atoms with E-state index in [-0.39, 0.29) is 18.8 Å². The first kappa shape index (κ1) is 23.6. The molecular formula is C23H27NO7. The lowest BCUT2D eigenvalue weighted by atomic mass is 10.2. The molecule has 8 heteroatoms. The number of carbonyl (C=O) groups excluding carboxylic acids is 2. The zero-order chi connectivity index (χ0) is 22.8. The molecular weight excluding hydrogens is 402 g/mol. The summed E-state index contributed by atoms with van der Waals surface area (Å²) in [5.41, 5.74) is 1.04. The van der Waals surface area contributed by atoms with Crippen molar-refractivity contribution in [3.63, 3.8) is 0 Å². The van der Waals surface area contributed by atoms with Crippen molar-refractivity contribution >= 4 is 23.3 Å². The maximum Gasteiger partial charge on any atom is 0.347 e. The minimum absolute atomic E-state index is 0.120. The molecule has 0 aliphatic rings. The number of rotatable bonds is 10. The molecule has 0 amide bonds. The van der Waals surface area contributed by atoms with Gasteiger partial charge in [0.2, 0.25) is 0 Å². The van der Waals surface area contributed by atoms with Crippen molar-refractivity contribution < 1.29 is 33.3 Å². The van der Waals surface area contributed by atoms with Crippen LogP contribution in [0, 0.1) is 0 Å². The lowest BCUT2D eigenvalue weighted by Crippen LogP contribution is -2.22. The molecule has 166 valence electrons. The van der Waals surface area contributed by atoms with Crippen LogP contribution in [0.15, 0.2) is 54.2 Å². The van der Waals surface area contributed by atoms with Crippen LogP contribution in [0.2, 0.25) is 0 Å². The van der Waals surface area contributed by atoms with E-state index in [0.29, 0.717) is 28.6 Å². The van der Waals surface area contributed by atoms with E-state index < -0.39 is 11.9 Å². The Kier molecular flexibility index (Phi) is 8.75. The fourth-order valence-corrected chi connectivity index (χ4v) is 2.75. The van der Waals surface area contributed by atoms with Gasteiger partial charge in [-0.25, -0.2) is 9.59 Å². The predicted molar refractivity (Wildman–Crippen MR) is 116 cm³/mol. The van der Waals surface area contributed by atoms with Crippen LogP contribution in [-0.4, -0.2) is 46.5 Å². The summed E-state index contributed by atoms with van der Waals surface area (Å²) >= 11 is 0. The van der Waals surface area contributed by atoms with Gasteiger partial charge >= 0.3 is 11.9 Å². The van der Waals surface area contributed by atoms with Crippen molar-refractivity contribution in [2.45, 2.75) is 13.8 Å². The van der Waals surface area contributed by atoms with E-state index in [1.165, 1.54) is 20.4 Å². The van der Waals surface area contributed by atoms with Crippen molar-refractivity contribution in [2.24, 2.45) is 0 Å². The van der Waals surface area contributed by atoms with Gasteiger partial charge in [0.1, 0.15) is 5.75 Å². The first-order valence-electron chi connectivity index (χ1n) is 9.70. The van der Waals surface area contributed by atoms with E-state index in [1.807, 2.05) is 0 Å². The zero-order valence-corrected chi connectivity index (χ0v) is 18.3. The average molecular weight is 429 g/mol. The van der Waals surface area contributed by atoms with Crippen LogP contribution in [0.25, 0.3) is 0 Å². The lowest BCUT2D eigenvalue weighted by Gasteiger charge is -2.23. The first-order valence-corrected chi connectivity index (χ1v) is 9.70. The van der Waals surface area contributed by atoms with Crippen LogP contribution in [0.3, 0.4) is 0 Å². The molecule has 0 aliphatic carbocycles. The fraction of sp³-hybridized carbons (Fsp3) is 0.304. The van der Waals surface area contributed by atoms with Gasteiger partial charge in [0.15, 0.2) is 17.1 Å². The maximum absolute atomic E-state index is 12.5. The normalized spacial score (nSPS) is 9.97. The van der Waals surface area contributed by atoms with E-state index in [9.17, 15) is 9.59 Å². The molecule has 2 aromatic rings. The second-order valence-electron chi connectivity index (χ2n) is 6.09. The zero-order valence-electron chi connectivity index (χ0n) is 18.3. The van der Waals surface area contributed by atoms with Crippen LogP contribution in [0.1, 0.15) is 13.8 Å². The number of esters is 2. The quantitative estimate of drug-likeness (QED) is 0.244. The Morgan fingerprint density at radius 2 is 1.32 bits per heavy atom. The highest BCUT2D eigenvalue weighted by Gasteiger charge is 2.24. The summed E-state index contributed by atoms with van der Waals surface area (Å²) in [6.45, 7) is 3.56. The highest BCUT2D eigenvalue weighted by molar-refractivity contribution is 6.14. The SMILES string of the molecule is CCOC(=O)C(=CN(c1ccc(OC)cc1)c1ccc(OC)c(OC)c1)C(=O)OCC. The lowest BCUT2D eigenvalue weighted by molar-refractivity contribution is -0.146. The summed E-state index contributed by atoms with van der Waals surface area (Å²) in [5, 5.41) is 0. The van der Waals surface area contributed by atoms with Gasteiger partial charge in [0, 0.05) is 23.6 Å². The van der Waals surface area contributed by atoms with Gasteiger partial charge in [-0.1, -0.05) is 0 Å². The molecule has 0 atom stereocenters. The van der Waals surface area contributed by atoms with Crippen LogP contribution < -0.4 is 19.1 Å². The van der Waals surface area contributed by atoms with Crippen LogP contribution in [-0.2, 0) is 19.1 Å². The van der Waals surface area contributed by atoms with Crippen molar-refractivity contribution in [3.8, 4) is 17.2 Å². The number of hydrogen-bond donors (Lipinski definition) is 0. The number of ether oxygens (including phenoxy) is 5. The molecule has 2 aromatic carbocycles. The number of hydrogen-bond acceptors (Lipinski definition) is 8. The molecule has 0 radical (unpaired) electrons. The van der Waals surface area contributed by atoms with E-state index in [2.05, 4.69) is 0 Å². The third-order valence-electron chi connectivity index (χ3n) is 4.24. The van der Waals surface area contributed by atoms with E-state index in [4.69, 9.17) is 23.7 Å². The molecule has 0 N–H and O–H groups in total. The Hall–Kier alpha value is -3.68. The van der Waals surface area contributed by atoms with Gasteiger partial charge in [-0.3, -0.25) is 0 Å². The van der Waals surface area contributed by atoms with Crippen molar-refractivity contribution in [3.05, 3.63) is 54.2 Å². The number of anilines is 2. The summed E-state index contributed by atoms with van der Waals surface area (Å²) in [6.07, 6.45) is 1.39. The summed E-state index contributed by atoms with van der Waals surface area (Å²) in [4.78, 5) is 26.7. The highest BCUT2D eigenvalue weighted by Crippen LogP contribution is 2.35. The van der Waals surface area contributed by atoms with Crippen LogP contribution in [0.4, 0.5) is 11.4 Å². The Labute approximate surface area is 181 Å². The summed E-state index contributed by atoms with van der Waals surface area (Å²) in [6, 6.07) is 12.4. The topological polar surface area (TPSA) is 83.5 Å². The van der Waals surface area contributed by atoms with Gasteiger partial charge in [0.25, 0.3) is 0 Å². The number of benzene rings is 2. The largest absolute Gasteiger partial charge is 0.497 e. The molecule has 2 rings (SSSR count). The average Bonchev–Trinajstić information content (AvgIpc) is 2.79. The molecule has 31 heavy (non-hydrogen) atoms. The van der Waals surface area contributed by atoms with E-state index in [1.54, 1.807) is 68.3 Å². The second-order valence-corrected chi connectivity index (χ2v) is 6.09. The maximum atomic E-state index is 12.5. The van der Waals surface area contributed by atoms with Gasteiger partial charge in [0.05, 0.1) is 34.5 Å². The minimum atomic E-state index is -0.778. The van der Waals surface area contributed by atoms with Gasteiger partial charge < -0.3 is 28.6 Å². The molecule has 0 aromatic heterocycles. The Bertz CT molecular complexity index is 902. The van der Waals surface area contributed by atoms with E-state index >= 15 is 0 Å². The number of carbonyl (C=O) groups is 2. The summed E-state index contributed by atoms with van der Waals surface area (Å²) in [7, 11) is 4.64. The Morgan fingerprint density at radius 1 is 0.774 bits per heavy atom. The van der Waals surface area contributed by atoms with Gasteiger partial charge in [-0.05, 0) is 50.2 Å². The number of nitrogens with zero attached hydrogens (tertiary/aromatic N) is 1. The van der Waals surface area contributed by atoms with Crippen molar-refractivity contribution in [1.29, 1.82) is 0 Å². The molecule has 0 fully saturated rings. The van der Waals surface area contributed by atoms with Gasteiger partial charge in [-0.15, -0.1) is 0 Å². The molecule has 0 saturated carbocycles. The monoisotopic (exact) mass is 429 g/mol. The fourth-order valence-electron chi connectivity index (χ4n) is 2.75. The molecule has 0 unspecified atom stereocenters. The van der Waals surface area contributed by atoms with Crippen LogP contribution in [0.5, 0.6) is 17.2 Å².